The first kappa shape index (κ1) is 9.26. The fraction of sp³-hybridized carbons (Fsp3) is 1.00. The Balaban J connectivity index is 0. The third-order valence-electron chi connectivity index (χ3n) is 0. The SMILES string of the molecule is CC(O)S.[Ni]. The molecule has 0 radical (unpaired) electrons. The fourth-order valence-electron chi connectivity index (χ4n) is 0. The van der Waals surface area contributed by atoms with E-state index in [4.69, 9.17) is 5.11 Å². The smallest absolute Gasteiger partial charge is 0.0936 e. The van der Waals surface area contributed by atoms with Crippen molar-refractivity contribution in [1.29, 1.82) is 0 Å². The average Bonchev–Trinajstić information content (AvgIpc) is 0.811. The third-order valence-corrected chi connectivity index (χ3v) is 0. The van der Waals surface area contributed by atoms with E-state index in [9.17, 15) is 0 Å². The molecule has 0 fully saturated rings. The van der Waals surface area contributed by atoms with E-state index in [1.807, 2.05) is 0 Å². The van der Waals surface area contributed by atoms with Crippen LogP contribution in [0.1, 0.15) is 6.92 Å². The van der Waals surface area contributed by atoms with Gasteiger partial charge in [0.1, 0.15) is 0 Å². The topological polar surface area (TPSA) is 20.2 Å². The van der Waals surface area contributed by atoms with Crippen LogP contribution >= 0.6 is 12.6 Å². The van der Waals surface area contributed by atoms with Gasteiger partial charge in [0.05, 0.1) is 5.44 Å². The van der Waals surface area contributed by atoms with E-state index in [-0.39, 0.29) is 16.5 Å². The number of aliphatic hydroxyl groups is 1. The van der Waals surface area contributed by atoms with Crippen LogP contribution in [0.15, 0.2) is 0 Å². The maximum absolute atomic E-state index is 7.92. The Bertz CT molecular complexity index is 14.4. The molecule has 0 heterocycles. The molecule has 0 aliphatic heterocycles. The van der Waals surface area contributed by atoms with Gasteiger partial charge in [-0.05, 0) is 6.92 Å². The summed E-state index contributed by atoms with van der Waals surface area (Å²) in [7, 11) is 0. The van der Waals surface area contributed by atoms with Crippen molar-refractivity contribution in [3.63, 3.8) is 0 Å². The largest absolute Gasteiger partial charge is 0.383 e. The molecule has 5 heavy (non-hydrogen) atoms. The van der Waals surface area contributed by atoms with Crippen LogP contribution < -0.4 is 0 Å². The van der Waals surface area contributed by atoms with E-state index >= 15 is 0 Å². The molecule has 0 rings (SSSR count). The molecule has 3 heteroatoms. The molecule has 0 bridgehead atoms. The molecule has 1 N–H and O–H groups in total. The Labute approximate surface area is 47.1 Å². The number of aliphatic hydroxyl groups excluding tert-OH is 1. The summed E-state index contributed by atoms with van der Waals surface area (Å²) < 4.78 is 0. The van der Waals surface area contributed by atoms with Gasteiger partial charge < -0.3 is 5.11 Å². The third kappa shape index (κ3) is 58.5. The average molecular weight is 137 g/mol. The Morgan fingerprint density at radius 3 is 1.80 bits per heavy atom. The summed E-state index contributed by atoms with van der Waals surface area (Å²) >= 11 is 3.52. The summed E-state index contributed by atoms with van der Waals surface area (Å²) in [6.07, 6.45) is 0. The van der Waals surface area contributed by atoms with Crippen molar-refractivity contribution in [2.45, 2.75) is 12.4 Å². The molecule has 1 atom stereocenters. The number of rotatable bonds is 0. The van der Waals surface area contributed by atoms with Crippen molar-refractivity contribution in [2.75, 3.05) is 0 Å². The Kier molecular flexibility index (Phi) is 8.89. The standard InChI is InChI=1S/C2H6OS.Ni/c1-2(3)4;/h2-4H,1H3;. The molecule has 0 aliphatic carbocycles. The van der Waals surface area contributed by atoms with E-state index in [0.717, 1.165) is 0 Å². The summed E-state index contributed by atoms with van der Waals surface area (Å²) in [5, 5.41) is 7.92. The fourth-order valence-corrected chi connectivity index (χ4v) is 0. The molecule has 0 saturated carbocycles. The van der Waals surface area contributed by atoms with Crippen molar-refractivity contribution in [1.82, 2.24) is 0 Å². The summed E-state index contributed by atoms with van der Waals surface area (Å²) in [4.78, 5) is 0. The maximum Gasteiger partial charge on any atom is 0.0936 e. The Hall–Kier alpha value is 0.804. The zero-order valence-electron chi connectivity index (χ0n) is 2.79. The Morgan fingerprint density at radius 1 is 1.80 bits per heavy atom. The first-order valence-corrected chi connectivity index (χ1v) is 1.61. The van der Waals surface area contributed by atoms with Gasteiger partial charge in [-0.25, -0.2) is 0 Å². The monoisotopic (exact) mass is 136 g/mol. The molecule has 1 unspecified atom stereocenters. The van der Waals surface area contributed by atoms with Crippen molar-refractivity contribution in [3.05, 3.63) is 0 Å². The maximum atomic E-state index is 7.92. The van der Waals surface area contributed by atoms with Gasteiger partial charge >= 0.3 is 0 Å². The van der Waals surface area contributed by atoms with Crippen molar-refractivity contribution in [3.8, 4) is 0 Å². The van der Waals surface area contributed by atoms with Crippen LogP contribution in [0, 0.1) is 0 Å². The van der Waals surface area contributed by atoms with Gasteiger partial charge in [-0.1, -0.05) is 0 Å². The molecule has 0 saturated heterocycles. The predicted octanol–water partition coefficient (Wildman–Crippen LogP) is 0.252. The van der Waals surface area contributed by atoms with Crippen LogP contribution in [-0.2, 0) is 16.5 Å². The zero-order valence-corrected chi connectivity index (χ0v) is 4.67. The van der Waals surface area contributed by atoms with Gasteiger partial charge in [0.15, 0.2) is 0 Å². The molecule has 0 aromatic heterocycles. The van der Waals surface area contributed by atoms with Gasteiger partial charge in [-0.3, -0.25) is 0 Å². The predicted molar refractivity (Wildman–Crippen MR) is 20.7 cm³/mol. The normalized spacial score (nSPS) is 12.6. The number of hydrogen-bond donors (Lipinski definition) is 2. The van der Waals surface area contributed by atoms with Crippen LogP contribution in [-0.4, -0.2) is 10.5 Å². The molecule has 0 spiro atoms. The number of thiol groups is 1. The Morgan fingerprint density at radius 2 is 1.80 bits per heavy atom. The van der Waals surface area contributed by atoms with Gasteiger partial charge in [-0.2, -0.15) is 0 Å². The second kappa shape index (κ2) is 4.80. The second-order valence-corrected chi connectivity index (χ2v) is 1.38. The van der Waals surface area contributed by atoms with Crippen molar-refractivity contribution in [2.24, 2.45) is 0 Å². The molecule has 0 aromatic carbocycles. The molecule has 0 amide bonds. The second-order valence-electron chi connectivity index (χ2n) is 0.632. The molecular weight excluding hydrogens is 131 g/mol. The minimum absolute atomic E-state index is 0. The summed E-state index contributed by atoms with van der Waals surface area (Å²) in [5.74, 6) is 0. The molecular formula is C2H6NiOS. The van der Waals surface area contributed by atoms with Crippen molar-refractivity contribution < 1.29 is 21.6 Å². The summed E-state index contributed by atoms with van der Waals surface area (Å²) in [6, 6.07) is 0. The van der Waals surface area contributed by atoms with Crippen LogP contribution in [0.2, 0.25) is 0 Å². The minimum atomic E-state index is -0.472. The van der Waals surface area contributed by atoms with Crippen LogP contribution in [0.25, 0.3) is 0 Å². The van der Waals surface area contributed by atoms with Gasteiger partial charge in [0.25, 0.3) is 0 Å². The number of hydrogen-bond acceptors (Lipinski definition) is 2. The van der Waals surface area contributed by atoms with Crippen LogP contribution in [0.5, 0.6) is 0 Å². The first-order chi connectivity index (χ1) is 1.73. The van der Waals surface area contributed by atoms with E-state index in [1.54, 1.807) is 6.92 Å². The quantitative estimate of drug-likeness (QED) is 0.278. The van der Waals surface area contributed by atoms with Gasteiger partial charge in [0.2, 0.25) is 0 Å². The minimum Gasteiger partial charge on any atom is -0.383 e. The molecule has 0 aliphatic rings. The molecule has 1 nitrogen and oxygen atoms in total. The van der Waals surface area contributed by atoms with Crippen LogP contribution in [0.4, 0.5) is 0 Å². The van der Waals surface area contributed by atoms with Crippen molar-refractivity contribution >= 4 is 12.6 Å². The molecule has 36 valence electrons. The zero-order chi connectivity index (χ0) is 3.58. The van der Waals surface area contributed by atoms with E-state index < -0.39 is 5.44 Å². The summed E-state index contributed by atoms with van der Waals surface area (Å²) in [6.45, 7) is 1.59. The van der Waals surface area contributed by atoms with E-state index in [1.165, 1.54) is 0 Å². The van der Waals surface area contributed by atoms with Crippen LogP contribution in [0.3, 0.4) is 0 Å². The first-order valence-electron chi connectivity index (χ1n) is 1.09. The van der Waals surface area contributed by atoms with Gasteiger partial charge in [0, 0.05) is 16.5 Å². The molecule has 0 aromatic rings. The van der Waals surface area contributed by atoms with E-state index in [0.29, 0.717) is 0 Å². The van der Waals surface area contributed by atoms with Gasteiger partial charge in [-0.15, -0.1) is 12.6 Å². The summed E-state index contributed by atoms with van der Waals surface area (Å²) in [5.41, 5.74) is -0.472. The van der Waals surface area contributed by atoms with E-state index in [2.05, 4.69) is 12.6 Å².